The fraction of sp³-hybridized carbons (Fsp3) is 0.286. The van der Waals surface area contributed by atoms with Crippen LogP contribution in [0.5, 0.6) is 0 Å². The number of fused-ring (bicyclic) bond motifs is 4. The fourth-order valence-electron chi connectivity index (χ4n) is 4.27. The summed E-state index contributed by atoms with van der Waals surface area (Å²) in [5.41, 5.74) is 7.80. The zero-order valence-corrected chi connectivity index (χ0v) is 16.3. The molecular weight excluding hydrogens is 358 g/mol. The Bertz CT molecular complexity index is 1310. The van der Waals surface area contributed by atoms with Crippen molar-refractivity contribution < 1.29 is 8.42 Å². The normalized spacial score (nSPS) is 16.1. The number of benzene rings is 2. The van der Waals surface area contributed by atoms with E-state index in [9.17, 15) is 8.42 Å². The highest BCUT2D eigenvalue weighted by molar-refractivity contribution is 7.90. The van der Waals surface area contributed by atoms with Gasteiger partial charge in [0.05, 0.1) is 28.9 Å². The summed E-state index contributed by atoms with van der Waals surface area (Å²) in [7, 11) is 1.05. The molecule has 5 nitrogen and oxygen atoms in total. The van der Waals surface area contributed by atoms with E-state index in [0.29, 0.717) is 6.42 Å². The Morgan fingerprint density at radius 2 is 1.81 bits per heavy atom. The molecule has 0 unspecified atom stereocenters. The van der Waals surface area contributed by atoms with Crippen LogP contribution < -0.4 is 0 Å². The lowest BCUT2D eigenvalue weighted by Crippen LogP contribution is -2.19. The average molecular weight is 379 g/mol. The van der Waals surface area contributed by atoms with Gasteiger partial charge in [0, 0.05) is 37.1 Å². The van der Waals surface area contributed by atoms with E-state index in [4.69, 9.17) is 0 Å². The maximum absolute atomic E-state index is 12.2. The maximum atomic E-state index is 12.2. The molecule has 138 valence electrons. The van der Waals surface area contributed by atoms with Gasteiger partial charge in [0.2, 0.25) is 0 Å². The third kappa shape index (κ3) is 2.67. The van der Waals surface area contributed by atoms with Crippen LogP contribution in [0.1, 0.15) is 22.4 Å². The topological polar surface area (TPSA) is 56.9 Å². The van der Waals surface area contributed by atoms with E-state index in [-0.39, 0.29) is 11.5 Å². The first-order valence-electron chi connectivity index (χ1n) is 9.11. The predicted octanol–water partition coefficient (Wildman–Crippen LogP) is 3.13. The Balaban J connectivity index is 1.58. The summed E-state index contributed by atoms with van der Waals surface area (Å²) >= 11 is 0. The van der Waals surface area contributed by atoms with Crippen LogP contribution in [-0.4, -0.2) is 28.3 Å². The fourth-order valence-corrected chi connectivity index (χ4v) is 5.68. The summed E-state index contributed by atoms with van der Waals surface area (Å²) in [6.07, 6.45) is 3.25. The van der Waals surface area contributed by atoms with Crippen molar-refractivity contribution in [3.8, 4) is 0 Å². The van der Waals surface area contributed by atoms with Gasteiger partial charge in [0.1, 0.15) is 0 Å². The third-order valence-corrected chi connectivity index (χ3v) is 7.27. The first-order valence-corrected chi connectivity index (χ1v) is 10.9. The largest absolute Gasteiger partial charge is 0.347 e. The van der Waals surface area contributed by atoms with Gasteiger partial charge in [-0.3, -0.25) is 0 Å². The molecule has 0 spiro atoms. The van der Waals surface area contributed by atoms with E-state index in [0.717, 1.165) is 39.6 Å². The zero-order valence-electron chi connectivity index (χ0n) is 15.4. The maximum Gasteiger partial charge on any atom is 0.154 e. The lowest BCUT2D eigenvalue weighted by molar-refractivity contribution is 0.590. The molecule has 1 aliphatic rings. The molecule has 0 radical (unpaired) electrons. The molecule has 1 aliphatic heterocycles. The van der Waals surface area contributed by atoms with Gasteiger partial charge in [0.25, 0.3) is 0 Å². The van der Waals surface area contributed by atoms with Gasteiger partial charge in [-0.25, -0.2) is 13.4 Å². The minimum atomic E-state index is -2.99. The molecule has 5 rings (SSSR count). The van der Waals surface area contributed by atoms with Gasteiger partial charge in [-0.2, -0.15) is 0 Å². The number of imidazole rings is 1. The molecule has 6 heteroatoms. The highest BCUT2D eigenvalue weighted by Crippen LogP contribution is 2.32. The summed E-state index contributed by atoms with van der Waals surface area (Å²) in [6, 6.07) is 12.8. The van der Waals surface area contributed by atoms with Crippen molar-refractivity contribution in [2.24, 2.45) is 14.1 Å². The summed E-state index contributed by atoms with van der Waals surface area (Å²) in [4.78, 5) is 4.38. The third-order valence-electron chi connectivity index (χ3n) is 5.71. The van der Waals surface area contributed by atoms with E-state index >= 15 is 0 Å². The highest BCUT2D eigenvalue weighted by Gasteiger charge is 2.26. The molecule has 0 fully saturated rings. The van der Waals surface area contributed by atoms with E-state index in [2.05, 4.69) is 45.9 Å². The molecule has 3 heterocycles. The second-order valence-corrected chi connectivity index (χ2v) is 9.72. The summed E-state index contributed by atoms with van der Waals surface area (Å²) < 4.78 is 28.5. The molecule has 2 aromatic heterocycles. The Labute approximate surface area is 158 Å². The number of sulfone groups is 1. The van der Waals surface area contributed by atoms with Crippen LogP contribution in [0.15, 0.2) is 42.7 Å². The van der Waals surface area contributed by atoms with E-state index < -0.39 is 9.84 Å². The molecule has 27 heavy (non-hydrogen) atoms. The summed E-state index contributed by atoms with van der Waals surface area (Å²) in [5, 5.41) is 1.08. The highest BCUT2D eigenvalue weighted by atomic mass is 32.2. The Morgan fingerprint density at radius 3 is 2.67 bits per heavy atom. The average Bonchev–Trinajstić information content (AvgIpc) is 3.13. The lowest BCUT2D eigenvalue weighted by atomic mass is 10.0. The van der Waals surface area contributed by atoms with Crippen molar-refractivity contribution in [3.05, 3.63) is 65.1 Å². The predicted molar refractivity (Wildman–Crippen MR) is 108 cm³/mol. The Hall–Kier alpha value is -2.60. The van der Waals surface area contributed by atoms with Crippen LogP contribution in [0, 0.1) is 0 Å². The SMILES string of the molecule is Cn1cnc2ccc(Cc3ccc4c(c3)c3c(n4C)CCS(=O)(=O)C3)cc21. The first kappa shape index (κ1) is 16.6. The minimum Gasteiger partial charge on any atom is -0.347 e. The van der Waals surface area contributed by atoms with Gasteiger partial charge in [-0.05, 0) is 47.4 Å². The van der Waals surface area contributed by atoms with Crippen molar-refractivity contribution in [1.82, 2.24) is 14.1 Å². The number of aromatic nitrogens is 3. The smallest absolute Gasteiger partial charge is 0.154 e. The second-order valence-electron chi connectivity index (χ2n) is 7.53. The monoisotopic (exact) mass is 379 g/mol. The minimum absolute atomic E-state index is 0.157. The quantitative estimate of drug-likeness (QED) is 0.538. The van der Waals surface area contributed by atoms with Gasteiger partial charge >= 0.3 is 0 Å². The van der Waals surface area contributed by atoms with E-state index in [1.54, 1.807) is 0 Å². The molecule has 0 saturated heterocycles. The number of aryl methyl sites for hydroxylation is 2. The Kier molecular flexibility index (Phi) is 3.49. The van der Waals surface area contributed by atoms with Crippen molar-refractivity contribution in [1.29, 1.82) is 0 Å². The number of rotatable bonds is 2. The van der Waals surface area contributed by atoms with E-state index in [1.807, 2.05) is 25.0 Å². The number of hydrogen-bond donors (Lipinski definition) is 0. The van der Waals surface area contributed by atoms with Crippen molar-refractivity contribution >= 4 is 31.8 Å². The summed E-state index contributed by atoms with van der Waals surface area (Å²) in [5.74, 6) is 0.409. The molecular formula is C21H21N3O2S. The van der Waals surface area contributed by atoms with Crippen LogP contribution in [-0.2, 0) is 42.5 Å². The van der Waals surface area contributed by atoms with Gasteiger partial charge in [0.15, 0.2) is 9.84 Å². The lowest BCUT2D eigenvalue weighted by Gasteiger charge is -2.14. The molecule has 0 saturated carbocycles. The van der Waals surface area contributed by atoms with Crippen LogP contribution in [0.3, 0.4) is 0 Å². The molecule has 0 atom stereocenters. The van der Waals surface area contributed by atoms with Crippen molar-refractivity contribution in [2.45, 2.75) is 18.6 Å². The van der Waals surface area contributed by atoms with Gasteiger partial charge in [-0.1, -0.05) is 12.1 Å². The molecule has 0 N–H and O–H groups in total. The van der Waals surface area contributed by atoms with Crippen LogP contribution >= 0.6 is 0 Å². The van der Waals surface area contributed by atoms with Crippen molar-refractivity contribution in [3.63, 3.8) is 0 Å². The zero-order chi connectivity index (χ0) is 18.8. The standard InChI is InChI=1S/C21H21N3O2S/c1-23-13-22-18-5-3-15(11-21(18)23)9-14-4-6-19-16(10-14)17-12-27(25,26)8-7-20(17)24(19)2/h3-6,10-11,13H,7-9,12H2,1-2H3. The number of hydrogen-bond acceptors (Lipinski definition) is 3. The second kappa shape index (κ2) is 5.70. The van der Waals surface area contributed by atoms with Crippen molar-refractivity contribution in [2.75, 3.05) is 5.75 Å². The van der Waals surface area contributed by atoms with Crippen LogP contribution in [0.25, 0.3) is 21.9 Å². The molecule has 4 aromatic rings. The molecule has 0 bridgehead atoms. The molecule has 2 aromatic carbocycles. The van der Waals surface area contributed by atoms with E-state index in [1.165, 1.54) is 11.1 Å². The molecule has 0 aliphatic carbocycles. The van der Waals surface area contributed by atoms with Gasteiger partial charge < -0.3 is 9.13 Å². The molecule has 0 amide bonds. The van der Waals surface area contributed by atoms with Crippen LogP contribution in [0.4, 0.5) is 0 Å². The number of nitrogens with zero attached hydrogens (tertiary/aromatic N) is 3. The Morgan fingerprint density at radius 1 is 1.04 bits per heavy atom. The van der Waals surface area contributed by atoms with Gasteiger partial charge in [-0.15, -0.1) is 0 Å². The summed E-state index contributed by atoms with van der Waals surface area (Å²) in [6.45, 7) is 0. The first-order chi connectivity index (χ1) is 12.9. The van der Waals surface area contributed by atoms with Crippen LogP contribution in [0.2, 0.25) is 0 Å².